The minimum absolute atomic E-state index is 0.254. The Labute approximate surface area is 150 Å². The van der Waals surface area contributed by atoms with E-state index in [1.54, 1.807) is 7.05 Å². The van der Waals surface area contributed by atoms with Gasteiger partial charge in [-0.05, 0) is 0 Å². The summed E-state index contributed by atoms with van der Waals surface area (Å²) in [7, 11) is 1.64. The number of carbonyl (C=O) groups is 2. The molecule has 1 heterocycles. The van der Waals surface area contributed by atoms with Crippen molar-refractivity contribution in [3.05, 3.63) is 60.2 Å². The average Bonchev–Trinajstić information content (AvgIpc) is 2.89. The number of anilines is 1. The monoisotopic (exact) mass is 410 g/mol. The molecule has 3 rings (SSSR count). The van der Waals surface area contributed by atoms with E-state index >= 15 is 0 Å². The molecule has 1 fully saturated rings. The number of hydrogen-bond acceptors (Lipinski definition) is 2. The Morgan fingerprint density at radius 3 is 2.52 bits per heavy atom. The third-order valence-electron chi connectivity index (χ3n) is 4.09. The van der Waals surface area contributed by atoms with E-state index < -0.39 is 36.8 Å². The van der Waals surface area contributed by atoms with E-state index in [1.165, 1.54) is 17.0 Å². The van der Waals surface area contributed by atoms with Gasteiger partial charge in [0.25, 0.3) is 0 Å². The van der Waals surface area contributed by atoms with Crippen molar-refractivity contribution < 1.29 is 18.4 Å². The van der Waals surface area contributed by atoms with Crippen molar-refractivity contribution >= 4 is 36.9 Å². The summed E-state index contributed by atoms with van der Waals surface area (Å²) in [5, 5.41) is 2.42. The second kappa shape index (κ2) is 6.94. The summed E-state index contributed by atoms with van der Waals surface area (Å²) in [5.41, 5.74) is -0.254. The molecule has 2 aromatic rings. The number of hydrogen-bond donors (Lipinski definition) is 1. The van der Waals surface area contributed by atoms with Gasteiger partial charge in [-0.25, -0.2) is 0 Å². The quantitative estimate of drug-likeness (QED) is 0.620. The van der Waals surface area contributed by atoms with Crippen molar-refractivity contribution in [2.45, 2.75) is 10.7 Å². The SMILES string of the molecule is CN1CCC([Se]c2ccccc2)(C(=O)Nc2cccc(F)c2F)C1=O. The average molecular weight is 409 g/mol. The van der Waals surface area contributed by atoms with Crippen LogP contribution in [0.2, 0.25) is 4.31 Å². The van der Waals surface area contributed by atoms with Crippen LogP contribution in [0.25, 0.3) is 0 Å². The molecular weight excluding hydrogens is 393 g/mol. The Balaban J connectivity index is 1.93. The first-order valence-electron chi connectivity index (χ1n) is 7.69. The van der Waals surface area contributed by atoms with Crippen LogP contribution in [0.15, 0.2) is 48.5 Å². The molecule has 1 aliphatic heterocycles. The van der Waals surface area contributed by atoms with Crippen LogP contribution in [-0.4, -0.2) is 45.3 Å². The Morgan fingerprint density at radius 2 is 1.88 bits per heavy atom. The molecule has 0 aliphatic carbocycles. The number of benzene rings is 2. The predicted octanol–water partition coefficient (Wildman–Crippen LogP) is 1.95. The molecule has 1 unspecified atom stereocenters. The van der Waals surface area contributed by atoms with E-state index in [2.05, 4.69) is 5.32 Å². The first-order chi connectivity index (χ1) is 11.9. The van der Waals surface area contributed by atoms with E-state index in [1.807, 2.05) is 30.3 Å². The number of nitrogens with zero attached hydrogens (tertiary/aromatic N) is 1. The first kappa shape index (κ1) is 17.6. The van der Waals surface area contributed by atoms with Gasteiger partial charge in [-0.15, -0.1) is 0 Å². The summed E-state index contributed by atoms with van der Waals surface area (Å²) < 4.78 is 26.9. The van der Waals surface area contributed by atoms with E-state index in [4.69, 9.17) is 0 Å². The number of nitrogens with one attached hydrogen (secondary N) is 1. The van der Waals surface area contributed by atoms with Gasteiger partial charge in [-0.3, -0.25) is 0 Å². The van der Waals surface area contributed by atoms with Gasteiger partial charge >= 0.3 is 150 Å². The Bertz CT molecular complexity index is 816. The fourth-order valence-corrected chi connectivity index (χ4v) is 5.38. The zero-order chi connectivity index (χ0) is 18.0. The Morgan fingerprint density at radius 1 is 1.16 bits per heavy atom. The molecule has 7 heteroatoms. The summed E-state index contributed by atoms with van der Waals surface area (Å²) in [6.45, 7) is 0.451. The molecule has 1 N–H and O–H groups in total. The molecule has 25 heavy (non-hydrogen) atoms. The number of halogens is 2. The van der Waals surface area contributed by atoms with E-state index in [0.717, 1.165) is 10.5 Å². The number of amides is 2. The number of likely N-dealkylation sites (tertiary alicyclic amines) is 1. The molecule has 1 atom stereocenters. The van der Waals surface area contributed by atoms with Gasteiger partial charge in [0, 0.05) is 0 Å². The fourth-order valence-electron chi connectivity index (χ4n) is 2.71. The first-order valence-corrected chi connectivity index (χ1v) is 9.40. The van der Waals surface area contributed by atoms with Crippen molar-refractivity contribution in [2.75, 3.05) is 18.9 Å². The third-order valence-corrected chi connectivity index (χ3v) is 7.07. The van der Waals surface area contributed by atoms with Gasteiger partial charge in [0.15, 0.2) is 0 Å². The van der Waals surface area contributed by atoms with Gasteiger partial charge in [0.2, 0.25) is 0 Å². The van der Waals surface area contributed by atoms with Crippen LogP contribution in [-0.2, 0) is 9.59 Å². The predicted molar refractivity (Wildman–Crippen MR) is 91.8 cm³/mol. The number of rotatable bonds is 4. The topological polar surface area (TPSA) is 49.4 Å². The summed E-state index contributed by atoms with van der Waals surface area (Å²) in [6, 6.07) is 12.8. The summed E-state index contributed by atoms with van der Waals surface area (Å²) in [5.74, 6) is -3.05. The van der Waals surface area contributed by atoms with Crippen LogP contribution < -0.4 is 9.78 Å². The van der Waals surface area contributed by atoms with Crippen molar-refractivity contribution in [3.63, 3.8) is 0 Å². The summed E-state index contributed by atoms with van der Waals surface area (Å²) in [4.78, 5) is 27.2. The third kappa shape index (κ3) is 3.30. The van der Waals surface area contributed by atoms with Gasteiger partial charge in [-0.1, -0.05) is 0 Å². The molecule has 0 spiro atoms. The van der Waals surface area contributed by atoms with Crippen LogP contribution in [0.3, 0.4) is 0 Å². The van der Waals surface area contributed by atoms with E-state index in [0.29, 0.717) is 13.0 Å². The molecule has 2 aromatic carbocycles. The van der Waals surface area contributed by atoms with Crippen LogP contribution in [0.5, 0.6) is 0 Å². The van der Waals surface area contributed by atoms with Gasteiger partial charge < -0.3 is 0 Å². The standard InChI is InChI=1S/C18H16F2N2O2Se/c1-22-11-10-18(17(22)24,25-12-6-3-2-4-7-12)16(23)21-14-9-5-8-13(19)15(14)20/h2-9H,10-11H2,1H3,(H,21,23). The molecule has 0 aromatic heterocycles. The van der Waals surface area contributed by atoms with Crippen LogP contribution in [0.1, 0.15) is 6.42 Å². The Kier molecular flexibility index (Phi) is 4.88. The fraction of sp³-hybridized carbons (Fsp3) is 0.222. The molecule has 1 saturated heterocycles. The maximum absolute atomic E-state index is 13.9. The van der Waals surface area contributed by atoms with Crippen molar-refractivity contribution in [2.24, 2.45) is 0 Å². The van der Waals surface area contributed by atoms with Crippen LogP contribution in [0, 0.1) is 11.6 Å². The zero-order valence-corrected chi connectivity index (χ0v) is 15.2. The van der Waals surface area contributed by atoms with E-state index in [-0.39, 0.29) is 11.6 Å². The molecule has 2 amide bonds. The van der Waals surface area contributed by atoms with Crippen molar-refractivity contribution in [1.82, 2.24) is 4.90 Å². The van der Waals surface area contributed by atoms with E-state index in [9.17, 15) is 18.4 Å². The van der Waals surface area contributed by atoms with Crippen LogP contribution in [0.4, 0.5) is 14.5 Å². The van der Waals surface area contributed by atoms with Gasteiger partial charge in [-0.2, -0.15) is 0 Å². The molecule has 4 nitrogen and oxygen atoms in total. The maximum atomic E-state index is 13.9. The second-order valence-corrected chi connectivity index (χ2v) is 8.65. The summed E-state index contributed by atoms with van der Waals surface area (Å²) in [6.07, 6.45) is 0.347. The molecule has 0 radical (unpaired) electrons. The minimum atomic E-state index is -1.26. The van der Waals surface area contributed by atoms with Crippen molar-refractivity contribution in [1.29, 1.82) is 0 Å². The second-order valence-electron chi connectivity index (χ2n) is 5.77. The zero-order valence-electron chi connectivity index (χ0n) is 13.5. The molecular formula is C18H16F2N2O2Se. The normalized spacial score (nSPS) is 20.0. The van der Waals surface area contributed by atoms with Gasteiger partial charge in [0.1, 0.15) is 0 Å². The molecule has 130 valence electrons. The molecule has 0 bridgehead atoms. The molecule has 1 aliphatic rings. The van der Waals surface area contributed by atoms with Crippen molar-refractivity contribution in [3.8, 4) is 0 Å². The number of carbonyl (C=O) groups excluding carboxylic acids is 2. The Hall–Kier alpha value is -2.24. The summed E-state index contributed by atoms with van der Waals surface area (Å²) >= 11 is -0.482. The van der Waals surface area contributed by atoms with Gasteiger partial charge in [0.05, 0.1) is 0 Å². The molecule has 0 saturated carbocycles. The van der Waals surface area contributed by atoms with Crippen LogP contribution >= 0.6 is 0 Å².